The van der Waals surface area contributed by atoms with Gasteiger partial charge in [-0.1, -0.05) is 13.3 Å². The highest BCUT2D eigenvalue weighted by Crippen LogP contribution is 2.30. The molecule has 0 saturated heterocycles. The second kappa shape index (κ2) is 6.35. The van der Waals surface area contributed by atoms with Gasteiger partial charge in [-0.2, -0.15) is 5.10 Å². The molecule has 24 heavy (non-hydrogen) atoms. The van der Waals surface area contributed by atoms with Crippen LogP contribution in [0.1, 0.15) is 26.0 Å². The molecule has 0 unspecified atom stereocenters. The predicted molar refractivity (Wildman–Crippen MR) is 94.1 cm³/mol. The molecule has 1 aromatic carbocycles. The van der Waals surface area contributed by atoms with E-state index in [0.29, 0.717) is 40.5 Å². The van der Waals surface area contributed by atoms with Gasteiger partial charge in [0.15, 0.2) is 5.52 Å². The van der Waals surface area contributed by atoms with E-state index in [0.717, 1.165) is 18.5 Å². The molecule has 2 heterocycles. The van der Waals surface area contributed by atoms with Crippen LogP contribution in [0, 0.1) is 0 Å². The quantitative estimate of drug-likeness (QED) is 0.700. The lowest BCUT2D eigenvalue weighted by Crippen LogP contribution is -2.13. The molecule has 7 nitrogen and oxygen atoms in total. The van der Waals surface area contributed by atoms with E-state index >= 15 is 0 Å². The van der Waals surface area contributed by atoms with E-state index in [1.54, 1.807) is 29.9 Å². The maximum absolute atomic E-state index is 12.5. The van der Waals surface area contributed by atoms with E-state index in [9.17, 15) is 4.79 Å². The van der Waals surface area contributed by atoms with Gasteiger partial charge in [0.2, 0.25) is 0 Å². The first-order valence-electron chi connectivity index (χ1n) is 8.03. The largest absolute Gasteiger partial charge is 0.493 e. The minimum absolute atomic E-state index is 0.225. The molecule has 0 aliphatic rings. The zero-order chi connectivity index (χ0) is 17.3. The van der Waals surface area contributed by atoms with Crippen molar-refractivity contribution in [1.82, 2.24) is 19.7 Å². The summed E-state index contributed by atoms with van der Waals surface area (Å²) in [6, 6.07) is 5.30. The molecule has 0 radical (unpaired) electrons. The minimum atomic E-state index is -0.225. The molecular formula is C17H21N5O2. The van der Waals surface area contributed by atoms with E-state index in [1.807, 2.05) is 6.92 Å². The Hall–Kier alpha value is -2.83. The van der Waals surface area contributed by atoms with Gasteiger partial charge in [0.05, 0.1) is 17.9 Å². The monoisotopic (exact) mass is 327 g/mol. The Morgan fingerprint density at radius 3 is 2.83 bits per heavy atom. The van der Waals surface area contributed by atoms with Crippen LogP contribution < -0.4 is 16.0 Å². The van der Waals surface area contributed by atoms with Gasteiger partial charge in [-0.15, -0.1) is 0 Å². The van der Waals surface area contributed by atoms with Crippen LogP contribution in [-0.2, 0) is 13.5 Å². The number of fused-ring (bicyclic) bond motifs is 1. The van der Waals surface area contributed by atoms with Gasteiger partial charge in [-0.25, -0.2) is 4.98 Å². The Balaban J connectivity index is 2.26. The van der Waals surface area contributed by atoms with Crippen molar-refractivity contribution >= 4 is 16.7 Å². The second-order valence-corrected chi connectivity index (χ2v) is 5.62. The van der Waals surface area contributed by atoms with Crippen molar-refractivity contribution in [2.24, 2.45) is 7.05 Å². The number of hydrogen-bond donors (Lipinski definition) is 2. The number of aromatic amines is 1. The highest BCUT2D eigenvalue weighted by Gasteiger charge is 2.17. The zero-order valence-electron chi connectivity index (χ0n) is 14.1. The molecule has 7 heteroatoms. The van der Waals surface area contributed by atoms with Crippen LogP contribution in [0.2, 0.25) is 0 Å². The van der Waals surface area contributed by atoms with Gasteiger partial charge >= 0.3 is 0 Å². The van der Waals surface area contributed by atoms with Gasteiger partial charge in [0, 0.05) is 12.7 Å². The molecule has 0 amide bonds. The van der Waals surface area contributed by atoms with Crippen molar-refractivity contribution in [3.63, 3.8) is 0 Å². The summed E-state index contributed by atoms with van der Waals surface area (Å²) >= 11 is 0. The molecule has 0 fully saturated rings. The van der Waals surface area contributed by atoms with Crippen LogP contribution in [0.25, 0.3) is 22.4 Å². The molecule has 0 aliphatic heterocycles. The van der Waals surface area contributed by atoms with Crippen molar-refractivity contribution in [2.45, 2.75) is 26.7 Å². The Bertz CT molecular complexity index is 942. The van der Waals surface area contributed by atoms with Crippen LogP contribution in [0.3, 0.4) is 0 Å². The van der Waals surface area contributed by atoms with Crippen molar-refractivity contribution in [2.75, 3.05) is 12.3 Å². The van der Waals surface area contributed by atoms with Crippen molar-refractivity contribution in [3.05, 3.63) is 34.2 Å². The number of aromatic nitrogens is 4. The number of anilines is 1. The maximum atomic E-state index is 12.5. The van der Waals surface area contributed by atoms with E-state index in [2.05, 4.69) is 22.0 Å². The SMILES string of the molecule is CCCc1nn(C)c2c(=O)[nH]c(-c3cc(N)ccc3OCC)nc12. The smallest absolute Gasteiger partial charge is 0.277 e. The normalized spacial score (nSPS) is 11.1. The van der Waals surface area contributed by atoms with Crippen molar-refractivity contribution in [1.29, 1.82) is 0 Å². The van der Waals surface area contributed by atoms with Crippen LogP contribution in [0.15, 0.2) is 23.0 Å². The molecule has 2 aromatic heterocycles. The number of H-pyrrole nitrogens is 1. The number of rotatable bonds is 5. The number of ether oxygens (including phenoxy) is 1. The summed E-state index contributed by atoms with van der Waals surface area (Å²) in [6.45, 7) is 4.48. The number of nitrogens with zero attached hydrogens (tertiary/aromatic N) is 3. The Labute approximate surface area is 139 Å². The molecule has 0 spiro atoms. The lowest BCUT2D eigenvalue weighted by molar-refractivity contribution is 0.341. The summed E-state index contributed by atoms with van der Waals surface area (Å²) in [5.74, 6) is 1.07. The average molecular weight is 327 g/mol. The van der Waals surface area contributed by atoms with Gasteiger partial charge in [-0.05, 0) is 31.5 Å². The first-order chi connectivity index (χ1) is 11.5. The van der Waals surface area contributed by atoms with Crippen LogP contribution >= 0.6 is 0 Å². The van der Waals surface area contributed by atoms with Gasteiger partial charge < -0.3 is 15.5 Å². The summed E-state index contributed by atoms with van der Waals surface area (Å²) in [7, 11) is 1.75. The third-order valence-corrected chi connectivity index (χ3v) is 3.81. The molecule has 0 saturated carbocycles. The number of nitrogen functional groups attached to an aromatic ring is 1. The summed E-state index contributed by atoms with van der Waals surface area (Å²) in [5, 5.41) is 4.43. The third-order valence-electron chi connectivity index (χ3n) is 3.81. The fraction of sp³-hybridized carbons (Fsp3) is 0.353. The fourth-order valence-corrected chi connectivity index (χ4v) is 2.79. The summed E-state index contributed by atoms with van der Waals surface area (Å²) in [4.78, 5) is 20.0. The Morgan fingerprint density at radius 2 is 2.12 bits per heavy atom. The first kappa shape index (κ1) is 16.0. The first-order valence-corrected chi connectivity index (χ1v) is 8.03. The number of nitrogens with two attached hydrogens (primary N) is 1. The van der Waals surface area contributed by atoms with E-state index in [1.165, 1.54) is 0 Å². The molecule has 0 bridgehead atoms. The topological polar surface area (TPSA) is 98.8 Å². The van der Waals surface area contributed by atoms with E-state index in [-0.39, 0.29) is 5.56 Å². The standard InChI is InChI=1S/C17H21N5O2/c1-4-6-12-14-15(22(3)21-12)17(23)20-16(19-14)11-9-10(18)7-8-13(11)24-5-2/h7-9H,4-6,18H2,1-3H3,(H,19,20,23). The zero-order valence-corrected chi connectivity index (χ0v) is 14.1. The number of benzene rings is 1. The minimum Gasteiger partial charge on any atom is -0.493 e. The van der Waals surface area contributed by atoms with Gasteiger partial charge in [0.1, 0.15) is 17.1 Å². The highest BCUT2D eigenvalue weighted by molar-refractivity contribution is 5.80. The van der Waals surface area contributed by atoms with Crippen molar-refractivity contribution < 1.29 is 4.74 Å². The van der Waals surface area contributed by atoms with Crippen molar-refractivity contribution in [3.8, 4) is 17.1 Å². The fourth-order valence-electron chi connectivity index (χ4n) is 2.79. The number of aryl methyl sites for hydroxylation is 2. The summed E-state index contributed by atoms with van der Waals surface area (Å²) in [5.41, 5.74) is 8.85. The number of nitrogens with one attached hydrogen (secondary N) is 1. The van der Waals surface area contributed by atoms with Crippen LogP contribution in [0.4, 0.5) is 5.69 Å². The lowest BCUT2D eigenvalue weighted by Gasteiger charge is -2.10. The van der Waals surface area contributed by atoms with Gasteiger partial charge in [-0.3, -0.25) is 9.48 Å². The third kappa shape index (κ3) is 2.73. The number of hydrogen-bond acceptors (Lipinski definition) is 5. The van der Waals surface area contributed by atoms with E-state index < -0.39 is 0 Å². The Kier molecular flexibility index (Phi) is 4.24. The maximum Gasteiger partial charge on any atom is 0.277 e. The van der Waals surface area contributed by atoms with Crippen LogP contribution in [-0.4, -0.2) is 26.4 Å². The molecule has 0 aliphatic carbocycles. The van der Waals surface area contributed by atoms with Crippen LogP contribution in [0.5, 0.6) is 5.75 Å². The molecule has 3 aromatic rings. The molecule has 3 rings (SSSR count). The van der Waals surface area contributed by atoms with Gasteiger partial charge in [0.25, 0.3) is 5.56 Å². The highest BCUT2D eigenvalue weighted by atomic mass is 16.5. The molecule has 0 atom stereocenters. The second-order valence-electron chi connectivity index (χ2n) is 5.62. The van der Waals surface area contributed by atoms with E-state index in [4.69, 9.17) is 10.5 Å². The Morgan fingerprint density at radius 1 is 1.33 bits per heavy atom. The molecule has 126 valence electrons. The summed E-state index contributed by atoms with van der Waals surface area (Å²) < 4.78 is 7.22. The molecular weight excluding hydrogens is 306 g/mol. The summed E-state index contributed by atoms with van der Waals surface area (Å²) in [6.07, 6.45) is 1.70. The average Bonchev–Trinajstić information content (AvgIpc) is 2.86. The molecule has 3 N–H and O–H groups in total. The predicted octanol–water partition coefficient (Wildman–Crippen LogP) is 2.26. The lowest BCUT2D eigenvalue weighted by atomic mass is 10.1.